The van der Waals surface area contributed by atoms with Gasteiger partial charge in [0.15, 0.2) is 0 Å². The topological polar surface area (TPSA) is 17.8 Å². The van der Waals surface area contributed by atoms with Crippen LogP contribution in [0.5, 0.6) is 0 Å². The minimum atomic E-state index is 0.551. The van der Waals surface area contributed by atoms with Crippen LogP contribution in [0.2, 0.25) is 10.0 Å². The number of aromatic nitrogens is 2. The molecule has 0 aliphatic rings. The van der Waals surface area contributed by atoms with E-state index < -0.39 is 0 Å². The highest BCUT2D eigenvalue weighted by molar-refractivity contribution is 6.42. The average molecular weight is 227 g/mol. The van der Waals surface area contributed by atoms with Crippen molar-refractivity contribution < 1.29 is 0 Å². The van der Waals surface area contributed by atoms with E-state index in [0.717, 1.165) is 11.3 Å². The normalized spacial score (nSPS) is 10.5. The van der Waals surface area contributed by atoms with Gasteiger partial charge in [-0.25, -0.2) is 4.98 Å². The van der Waals surface area contributed by atoms with Crippen molar-refractivity contribution in [3.8, 4) is 11.3 Å². The number of rotatable bonds is 1. The molecular weight excluding hydrogens is 219 g/mol. The van der Waals surface area contributed by atoms with E-state index in [1.165, 1.54) is 0 Å². The van der Waals surface area contributed by atoms with Crippen LogP contribution >= 0.6 is 23.2 Å². The molecule has 0 saturated heterocycles. The minimum Gasteiger partial charge on any atom is -0.340 e. The fourth-order valence-electron chi connectivity index (χ4n) is 1.22. The molecule has 0 unspecified atom stereocenters. The van der Waals surface area contributed by atoms with Crippen LogP contribution in [0.15, 0.2) is 30.7 Å². The van der Waals surface area contributed by atoms with Gasteiger partial charge in [-0.05, 0) is 12.1 Å². The predicted molar refractivity (Wildman–Crippen MR) is 58.7 cm³/mol. The Morgan fingerprint density at radius 1 is 1.21 bits per heavy atom. The highest BCUT2D eigenvalue weighted by Crippen LogP contribution is 2.27. The van der Waals surface area contributed by atoms with Crippen LogP contribution in [0.3, 0.4) is 0 Å². The van der Waals surface area contributed by atoms with Gasteiger partial charge in [0.1, 0.15) is 0 Å². The van der Waals surface area contributed by atoms with E-state index in [1.807, 2.05) is 29.9 Å². The fourth-order valence-corrected chi connectivity index (χ4v) is 1.52. The minimum absolute atomic E-state index is 0.551. The quantitative estimate of drug-likeness (QED) is 0.730. The Balaban J connectivity index is 2.47. The van der Waals surface area contributed by atoms with Crippen molar-refractivity contribution in [2.75, 3.05) is 0 Å². The molecule has 0 amide bonds. The Labute approximate surface area is 92.1 Å². The molecule has 72 valence electrons. The van der Waals surface area contributed by atoms with E-state index in [9.17, 15) is 0 Å². The van der Waals surface area contributed by atoms with Crippen LogP contribution in [-0.4, -0.2) is 9.55 Å². The molecule has 1 heterocycles. The molecule has 2 rings (SSSR count). The van der Waals surface area contributed by atoms with Crippen molar-refractivity contribution >= 4 is 23.2 Å². The van der Waals surface area contributed by atoms with E-state index >= 15 is 0 Å². The Morgan fingerprint density at radius 2 is 2.00 bits per heavy atom. The summed E-state index contributed by atoms with van der Waals surface area (Å²) in [7, 11) is 1.92. The molecule has 0 bridgehead atoms. The summed E-state index contributed by atoms with van der Waals surface area (Å²) in [4.78, 5) is 4.22. The maximum Gasteiger partial charge on any atom is 0.0951 e. The first-order valence-corrected chi connectivity index (χ1v) is 4.86. The smallest absolute Gasteiger partial charge is 0.0951 e. The summed E-state index contributed by atoms with van der Waals surface area (Å²) in [5.41, 5.74) is 1.87. The standard InChI is InChI=1S/C10H8Cl2N2/c1-14-5-10(13-6-14)7-2-3-8(11)9(12)4-7/h2-6H,1H3. The summed E-state index contributed by atoms with van der Waals surface area (Å²) in [6, 6.07) is 5.48. The molecular formula is C10H8Cl2N2. The third kappa shape index (κ3) is 1.76. The van der Waals surface area contributed by atoms with Gasteiger partial charge < -0.3 is 4.57 Å². The lowest BCUT2D eigenvalue weighted by molar-refractivity contribution is 0.913. The van der Waals surface area contributed by atoms with Crippen molar-refractivity contribution in [1.29, 1.82) is 0 Å². The van der Waals surface area contributed by atoms with Gasteiger partial charge >= 0.3 is 0 Å². The van der Waals surface area contributed by atoms with Crippen LogP contribution in [0.25, 0.3) is 11.3 Å². The lowest BCUT2D eigenvalue weighted by atomic mass is 10.2. The maximum absolute atomic E-state index is 5.90. The summed E-state index contributed by atoms with van der Waals surface area (Å²) < 4.78 is 1.89. The molecule has 1 aromatic carbocycles. The van der Waals surface area contributed by atoms with Gasteiger partial charge in [0.2, 0.25) is 0 Å². The van der Waals surface area contributed by atoms with Gasteiger partial charge in [0.25, 0.3) is 0 Å². The predicted octanol–water partition coefficient (Wildman–Crippen LogP) is 3.39. The van der Waals surface area contributed by atoms with Gasteiger partial charge in [0.05, 0.1) is 22.1 Å². The molecule has 0 fully saturated rings. The number of imidazole rings is 1. The molecule has 0 spiro atoms. The number of hydrogen-bond acceptors (Lipinski definition) is 1. The third-order valence-corrected chi connectivity index (χ3v) is 2.66. The van der Waals surface area contributed by atoms with Crippen molar-refractivity contribution in [3.05, 3.63) is 40.8 Å². The molecule has 0 atom stereocenters. The Hall–Kier alpha value is -0.990. The molecule has 2 nitrogen and oxygen atoms in total. The highest BCUT2D eigenvalue weighted by atomic mass is 35.5. The monoisotopic (exact) mass is 226 g/mol. The van der Waals surface area contributed by atoms with Crippen LogP contribution in [0, 0.1) is 0 Å². The van der Waals surface area contributed by atoms with E-state index in [1.54, 1.807) is 12.4 Å². The highest BCUT2D eigenvalue weighted by Gasteiger charge is 2.03. The SMILES string of the molecule is Cn1cnc(-c2ccc(Cl)c(Cl)c2)c1. The molecule has 0 saturated carbocycles. The summed E-state index contributed by atoms with van der Waals surface area (Å²) in [5, 5.41) is 1.11. The van der Waals surface area contributed by atoms with Gasteiger partial charge in [-0.3, -0.25) is 0 Å². The zero-order chi connectivity index (χ0) is 10.1. The van der Waals surface area contributed by atoms with Crippen LogP contribution in [0.4, 0.5) is 0 Å². The molecule has 0 radical (unpaired) electrons. The van der Waals surface area contributed by atoms with Crippen molar-refractivity contribution in [2.45, 2.75) is 0 Å². The molecule has 0 aliphatic carbocycles. The number of nitrogens with zero attached hydrogens (tertiary/aromatic N) is 2. The number of aryl methyl sites for hydroxylation is 1. The molecule has 2 aromatic rings. The van der Waals surface area contributed by atoms with E-state index in [0.29, 0.717) is 10.0 Å². The van der Waals surface area contributed by atoms with Crippen molar-refractivity contribution in [3.63, 3.8) is 0 Å². The Morgan fingerprint density at radius 3 is 2.57 bits per heavy atom. The second-order valence-corrected chi connectivity index (χ2v) is 3.87. The summed E-state index contributed by atoms with van der Waals surface area (Å²) in [5.74, 6) is 0. The van der Waals surface area contributed by atoms with E-state index in [4.69, 9.17) is 23.2 Å². The summed E-state index contributed by atoms with van der Waals surface area (Å²) in [6.07, 6.45) is 3.68. The van der Waals surface area contributed by atoms with Gasteiger partial charge in [-0.1, -0.05) is 29.3 Å². The molecule has 14 heavy (non-hydrogen) atoms. The van der Waals surface area contributed by atoms with Gasteiger partial charge in [-0.2, -0.15) is 0 Å². The van der Waals surface area contributed by atoms with Crippen molar-refractivity contribution in [2.24, 2.45) is 7.05 Å². The number of halogens is 2. The van der Waals surface area contributed by atoms with Crippen molar-refractivity contribution in [1.82, 2.24) is 9.55 Å². The van der Waals surface area contributed by atoms with Gasteiger partial charge in [-0.15, -0.1) is 0 Å². The third-order valence-electron chi connectivity index (χ3n) is 1.92. The lowest BCUT2D eigenvalue weighted by Gasteiger charge is -1.98. The Kier molecular flexibility index (Phi) is 2.48. The fraction of sp³-hybridized carbons (Fsp3) is 0.100. The molecule has 0 aliphatic heterocycles. The number of benzene rings is 1. The maximum atomic E-state index is 5.90. The van der Waals surface area contributed by atoms with Crippen LogP contribution in [-0.2, 0) is 7.05 Å². The van der Waals surface area contributed by atoms with E-state index in [2.05, 4.69) is 4.98 Å². The van der Waals surface area contributed by atoms with Crippen LogP contribution < -0.4 is 0 Å². The average Bonchev–Trinajstić information content (AvgIpc) is 2.57. The first-order chi connectivity index (χ1) is 6.66. The van der Waals surface area contributed by atoms with Crippen LogP contribution in [0.1, 0.15) is 0 Å². The number of hydrogen-bond donors (Lipinski definition) is 0. The second-order valence-electron chi connectivity index (χ2n) is 3.05. The first-order valence-electron chi connectivity index (χ1n) is 4.10. The molecule has 4 heteroatoms. The van der Waals surface area contributed by atoms with Gasteiger partial charge in [0, 0.05) is 18.8 Å². The Bertz CT molecular complexity index is 463. The summed E-state index contributed by atoms with van der Waals surface area (Å²) in [6.45, 7) is 0. The summed E-state index contributed by atoms with van der Waals surface area (Å²) >= 11 is 11.7. The van der Waals surface area contributed by atoms with E-state index in [-0.39, 0.29) is 0 Å². The zero-order valence-corrected chi connectivity index (χ0v) is 9.05. The lowest BCUT2D eigenvalue weighted by Crippen LogP contribution is -1.79. The first kappa shape index (κ1) is 9.56. The molecule has 1 aromatic heterocycles. The molecule has 0 N–H and O–H groups in total. The largest absolute Gasteiger partial charge is 0.340 e. The zero-order valence-electron chi connectivity index (χ0n) is 7.54. The second kappa shape index (κ2) is 3.64.